The molecule has 0 atom stereocenters. The number of rotatable bonds is 10. The van der Waals surface area contributed by atoms with Crippen LogP contribution in [0.15, 0.2) is 23.2 Å². The van der Waals surface area contributed by atoms with Gasteiger partial charge in [-0.1, -0.05) is 17.7 Å². The van der Waals surface area contributed by atoms with Gasteiger partial charge in [0.1, 0.15) is 5.75 Å². The van der Waals surface area contributed by atoms with E-state index in [2.05, 4.69) is 34.7 Å². The number of benzene rings is 1. The Kier molecular flexibility index (Phi) is 13.7. The zero-order valence-corrected chi connectivity index (χ0v) is 17.7. The molecular weight excluding hydrogens is 417 g/mol. The van der Waals surface area contributed by atoms with Crippen LogP contribution in [0.4, 0.5) is 0 Å². The summed E-state index contributed by atoms with van der Waals surface area (Å²) in [5, 5.41) is 6.69. The highest BCUT2D eigenvalue weighted by molar-refractivity contribution is 14.0. The molecule has 138 valence electrons. The maximum absolute atomic E-state index is 5.41. The Hall–Kier alpha value is -1.02. The molecule has 0 fully saturated rings. The monoisotopic (exact) mass is 449 g/mol. The van der Waals surface area contributed by atoms with E-state index in [1.54, 1.807) is 21.3 Å². The number of unbranched alkanes of at least 4 members (excludes halogenated alkanes) is 2. The summed E-state index contributed by atoms with van der Waals surface area (Å²) in [4.78, 5) is 4.25. The van der Waals surface area contributed by atoms with Crippen LogP contribution in [0.3, 0.4) is 0 Å². The van der Waals surface area contributed by atoms with Crippen molar-refractivity contribution >= 4 is 29.9 Å². The Balaban J connectivity index is 0.00000529. The van der Waals surface area contributed by atoms with E-state index in [1.165, 1.54) is 17.5 Å². The van der Waals surface area contributed by atoms with Gasteiger partial charge in [0.2, 0.25) is 0 Å². The summed E-state index contributed by atoms with van der Waals surface area (Å²) in [5.41, 5.74) is 2.47. The fraction of sp³-hybridized carbons (Fsp3) is 0.611. The SMILES string of the molecule is CN=C(NCCCCCOC)NCCc1cc(C)ccc1OC.I. The molecular formula is C18H32IN3O2. The first kappa shape index (κ1) is 23.0. The van der Waals surface area contributed by atoms with Crippen molar-refractivity contribution in [2.24, 2.45) is 4.99 Å². The molecule has 0 heterocycles. The molecule has 1 aromatic carbocycles. The number of hydrogen-bond donors (Lipinski definition) is 2. The minimum absolute atomic E-state index is 0. The van der Waals surface area contributed by atoms with Gasteiger partial charge in [-0.3, -0.25) is 4.99 Å². The molecule has 24 heavy (non-hydrogen) atoms. The normalized spacial score (nSPS) is 10.9. The lowest BCUT2D eigenvalue weighted by molar-refractivity contribution is 0.192. The van der Waals surface area contributed by atoms with Crippen molar-refractivity contribution in [2.75, 3.05) is 41.0 Å². The van der Waals surface area contributed by atoms with Crippen molar-refractivity contribution in [3.05, 3.63) is 29.3 Å². The number of hydrogen-bond acceptors (Lipinski definition) is 3. The largest absolute Gasteiger partial charge is 0.496 e. The molecule has 0 aromatic heterocycles. The van der Waals surface area contributed by atoms with Gasteiger partial charge in [0.05, 0.1) is 7.11 Å². The summed E-state index contributed by atoms with van der Waals surface area (Å²) in [6, 6.07) is 6.27. The van der Waals surface area contributed by atoms with Crippen molar-refractivity contribution in [3.8, 4) is 5.75 Å². The lowest BCUT2D eigenvalue weighted by atomic mass is 10.1. The maximum Gasteiger partial charge on any atom is 0.190 e. The van der Waals surface area contributed by atoms with Crippen LogP contribution in [-0.4, -0.2) is 46.9 Å². The highest BCUT2D eigenvalue weighted by Gasteiger charge is 2.04. The van der Waals surface area contributed by atoms with Crippen molar-refractivity contribution in [2.45, 2.75) is 32.6 Å². The number of methoxy groups -OCH3 is 2. The Morgan fingerprint density at radius 2 is 1.83 bits per heavy atom. The molecule has 2 N–H and O–H groups in total. The summed E-state index contributed by atoms with van der Waals surface area (Å²) in [5.74, 6) is 1.79. The second-order valence-electron chi connectivity index (χ2n) is 5.54. The highest BCUT2D eigenvalue weighted by atomic mass is 127. The molecule has 0 aliphatic heterocycles. The van der Waals surface area contributed by atoms with E-state index in [-0.39, 0.29) is 24.0 Å². The van der Waals surface area contributed by atoms with Gasteiger partial charge in [-0.25, -0.2) is 0 Å². The Morgan fingerprint density at radius 3 is 2.50 bits per heavy atom. The van der Waals surface area contributed by atoms with E-state index in [0.29, 0.717) is 0 Å². The van der Waals surface area contributed by atoms with Gasteiger partial charge in [0.15, 0.2) is 5.96 Å². The molecule has 1 rings (SSSR count). The summed E-state index contributed by atoms with van der Waals surface area (Å²) in [6.45, 7) is 4.69. The van der Waals surface area contributed by atoms with Crippen molar-refractivity contribution in [1.29, 1.82) is 0 Å². The fourth-order valence-electron chi connectivity index (χ4n) is 2.39. The van der Waals surface area contributed by atoms with Crippen LogP contribution in [0.2, 0.25) is 0 Å². The Bertz CT molecular complexity index is 481. The number of ether oxygens (including phenoxy) is 2. The third-order valence-corrected chi connectivity index (χ3v) is 3.66. The standard InChI is InChI=1S/C18H31N3O2.HI/c1-15-8-9-17(23-4)16(14-15)10-12-21-18(19-2)20-11-6-5-7-13-22-3;/h8-9,14H,5-7,10-13H2,1-4H3,(H2,19,20,21);1H. The summed E-state index contributed by atoms with van der Waals surface area (Å²) < 4.78 is 10.5. The molecule has 0 radical (unpaired) electrons. The minimum atomic E-state index is 0. The van der Waals surface area contributed by atoms with Crippen molar-refractivity contribution < 1.29 is 9.47 Å². The van der Waals surface area contributed by atoms with Crippen LogP contribution in [0.5, 0.6) is 5.75 Å². The lowest BCUT2D eigenvalue weighted by Gasteiger charge is -2.13. The molecule has 0 spiro atoms. The van der Waals surface area contributed by atoms with Gasteiger partial charge in [0, 0.05) is 33.9 Å². The number of halogens is 1. The molecule has 1 aromatic rings. The van der Waals surface area contributed by atoms with Crippen molar-refractivity contribution in [3.63, 3.8) is 0 Å². The quantitative estimate of drug-likeness (QED) is 0.250. The van der Waals surface area contributed by atoms with E-state index < -0.39 is 0 Å². The minimum Gasteiger partial charge on any atom is -0.496 e. The number of aryl methyl sites for hydroxylation is 1. The Morgan fingerprint density at radius 1 is 1.08 bits per heavy atom. The second kappa shape index (κ2) is 14.3. The van der Waals surface area contributed by atoms with E-state index in [1.807, 2.05) is 6.07 Å². The average molecular weight is 449 g/mol. The molecule has 0 unspecified atom stereocenters. The first-order chi connectivity index (χ1) is 11.2. The molecule has 6 heteroatoms. The van der Waals surface area contributed by atoms with Crippen LogP contribution in [-0.2, 0) is 11.2 Å². The first-order valence-corrected chi connectivity index (χ1v) is 8.28. The van der Waals surface area contributed by atoms with Gasteiger partial charge < -0.3 is 20.1 Å². The third-order valence-electron chi connectivity index (χ3n) is 3.66. The van der Waals surface area contributed by atoms with Gasteiger partial charge >= 0.3 is 0 Å². The fourth-order valence-corrected chi connectivity index (χ4v) is 2.39. The van der Waals surface area contributed by atoms with E-state index >= 15 is 0 Å². The first-order valence-electron chi connectivity index (χ1n) is 8.28. The molecule has 0 saturated heterocycles. The third kappa shape index (κ3) is 9.32. The maximum atomic E-state index is 5.41. The summed E-state index contributed by atoms with van der Waals surface area (Å²) in [7, 11) is 5.26. The lowest BCUT2D eigenvalue weighted by Crippen LogP contribution is -2.38. The van der Waals surface area contributed by atoms with E-state index in [0.717, 1.165) is 50.7 Å². The number of nitrogens with zero attached hydrogens (tertiary/aromatic N) is 1. The molecule has 0 aliphatic carbocycles. The summed E-state index contributed by atoms with van der Waals surface area (Å²) in [6.07, 6.45) is 4.30. The predicted octanol–water partition coefficient (Wildman–Crippen LogP) is 3.15. The molecule has 5 nitrogen and oxygen atoms in total. The predicted molar refractivity (Wildman–Crippen MR) is 112 cm³/mol. The zero-order chi connectivity index (χ0) is 16.9. The van der Waals surface area contributed by atoms with Crippen molar-refractivity contribution in [1.82, 2.24) is 10.6 Å². The highest BCUT2D eigenvalue weighted by Crippen LogP contribution is 2.19. The topological polar surface area (TPSA) is 54.9 Å². The molecule has 0 aliphatic rings. The van der Waals surface area contributed by atoms with Crippen LogP contribution in [0.1, 0.15) is 30.4 Å². The number of aliphatic imine (C=N–C) groups is 1. The molecule has 0 amide bonds. The van der Waals surface area contributed by atoms with Gasteiger partial charge in [-0.15, -0.1) is 24.0 Å². The molecule has 0 saturated carbocycles. The van der Waals surface area contributed by atoms with Gasteiger partial charge in [0.25, 0.3) is 0 Å². The van der Waals surface area contributed by atoms with Gasteiger partial charge in [-0.2, -0.15) is 0 Å². The zero-order valence-electron chi connectivity index (χ0n) is 15.4. The average Bonchev–Trinajstić information content (AvgIpc) is 2.56. The van der Waals surface area contributed by atoms with Crippen LogP contribution in [0.25, 0.3) is 0 Å². The second-order valence-corrected chi connectivity index (χ2v) is 5.54. The smallest absolute Gasteiger partial charge is 0.190 e. The van der Waals surface area contributed by atoms with Crippen LogP contribution in [0, 0.1) is 6.92 Å². The van der Waals surface area contributed by atoms with E-state index in [4.69, 9.17) is 9.47 Å². The van der Waals surface area contributed by atoms with Crippen LogP contribution >= 0.6 is 24.0 Å². The van der Waals surface area contributed by atoms with E-state index in [9.17, 15) is 0 Å². The Labute approximate surface area is 163 Å². The molecule has 0 bridgehead atoms. The summed E-state index contributed by atoms with van der Waals surface area (Å²) >= 11 is 0. The van der Waals surface area contributed by atoms with Crippen LogP contribution < -0.4 is 15.4 Å². The number of nitrogens with one attached hydrogen (secondary N) is 2. The number of guanidine groups is 1. The van der Waals surface area contributed by atoms with Gasteiger partial charge in [-0.05, 0) is 44.2 Å².